The van der Waals surface area contributed by atoms with Gasteiger partial charge in [0, 0.05) is 74.4 Å². The van der Waals surface area contributed by atoms with E-state index in [4.69, 9.17) is 38.9 Å². The zero-order valence-electron chi connectivity index (χ0n) is 64.8. The summed E-state index contributed by atoms with van der Waals surface area (Å²) in [6, 6.07) is 6.59. The summed E-state index contributed by atoms with van der Waals surface area (Å²) in [6.07, 6.45) is 43.2. The van der Waals surface area contributed by atoms with Crippen molar-refractivity contribution in [2.24, 2.45) is 149 Å². The van der Waals surface area contributed by atoms with Crippen LogP contribution in [0, 0.1) is 151 Å². The number of carbonyl (C=O) groups is 4. The molecule has 0 aliphatic heterocycles. The number of hydrogen-bond donors (Lipinski definition) is 2. The number of rotatable bonds is 2. The average Bonchev–Trinajstić information content (AvgIpc) is 1.37. The van der Waals surface area contributed by atoms with E-state index in [0.717, 1.165) is 172 Å². The number of fused-ring (bicyclic) bond motifs is 20. The Morgan fingerprint density at radius 2 is 0.765 bits per heavy atom. The molecule has 1 aromatic rings. The van der Waals surface area contributed by atoms with Gasteiger partial charge in [-0.1, -0.05) is 91.5 Å². The normalized spacial score (nSPS) is 48.0. The number of carbonyl (C=O) groups excluding carboxylic acids is 4. The predicted molar refractivity (Wildman–Crippen MR) is 404 cm³/mol. The summed E-state index contributed by atoms with van der Waals surface area (Å²) in [5, 5.41) is 14.5. The fourth-order valence-electron chi connectivity index (χ4n) is 29.1. The van der Waals surface area contributed by atoms with Crippen LogP contribution in [0.2, 0.25) is 0 Å². The van der Waals surface area contributed by atoms with Gasteiger partial charge in [0.1, 0.15) is 23.1 Å². The van der Waals surface area contributed by atoms with Crippen molar-refractivity contribution in [3.8, 4) is 0 Å². The number of alkyl halides is 1. The van der Waals surface area contributed by atoms with Crippen LogP contribution in [0.3, 0.4) is 0 Å². The molecule has 28 atom stereocenters. The average molecular weight is 1480 g/mol. The number of ketones is 4. The second-order valence-corrected chi connectivity index (χ2v) is 42.1. The Labute approximate surface area is 646 Å². The minimum atomic E-state index is -3.55. The molecule has 18 heteroatoms. The van der Waals surface area contributed by atoms with Gasteiger partial charge in [-0.05, 0) is 346 Å². The summed E-state index contributed by atoms with van der Waals surface area (Å²) in [4.78, 5) is 54.3. The summed E-state index contributed by atoms with van der Waals surface area (Å²) >= 11 is 6.46. The SMILES string of the molecule is C[C@H]1CC[C@@]2(C)[C@@H](CC[C@@H]3[C@@H]2CC[C@]2(C)C(=O)CC[C@@H]32)C1.C[C@]12CC[C@@H](Cl)C[C@@H]1CC[C@@H]1[C@@H]2CC[C@]2(C)C(=O)CC[C@@H]12.C[C@]12CC[C@@H](N=[N+]=[N-])C[C@@H]1CC[C@@H]1[C@@H]2CC[C@]2(C)C(=O)CC[C@@H]12.C[C@]12CC[C@H](O)C[C@@H]1CC[C@@H]1[C@@H]2CC[C@]2(C)C(=O)CC[C@@H]12.Cc1ccc(S(=O)(=O)Cl)cc1.N.[N-]=[N+]=[N-].[Na+]. The first kappa shape index (κ1) is 82.5. The number of benzene rings is 1. The quantitative estimate of drug-likeness (QED) is 0.0716. The van der Waals surface area contributed by atoms with Crippen LogP contribution in [0.15, 0.2) is 34.3 Å². The van der Waals surface area contributed by atoms with Crippen LogP contribution in [0.1, 0.15) is 299 Å². The van der Waals surface area contributed by atoms with Crippen molar-refractivity contribution in [2.75, 3.05) is 0 Å². The van der Waals surface area contributed by atoms with Gasteiger partial charge in [-0.3, -0.25) is 24.1 Å². The Hall–Kier alpha value is -2.03. The fraction of sp³-hybridized carbons (Fsp3) is 0.881. The van der Waals surface area contributed by atoms with Crippen LogP contribution in [0.25, 0.3) is 26.4 Å². The first-order valence-corrected chi connectivity index (χ1v) is 43.5. The fourth-order valence-corrected chi connectivity index (χ4v) is 30.2. The van der Waals surface area contributed by atoms with E-state index in [1.165, 1.54) is 165 Å². The van der Waals surface area contributed by atoms with E-state index in [-0.39, 0.29) is 74.4 Å². The van der Waals surface area contributed by atoms with Crippen molar-refractivity contribution in [1.82, 2.24) is 6.15 Å². The molecule has 0 spiro atoms. The number of aliphatic hydroxyl groups excluding tert-OH is 1. The smallest absolute Gasteiger partial charge is 0.393 e. The Morgan fingerprint density at radius 1 is 0.441 bits per heavy atom. The molecule has 16 aliphatic rings. The zero-order valence-corrected chi connectivity index (χ0v) is 69.1. The molecule has 16 fully saturated rings. The van der Waals surface area contributed by atoms with E-state index in [0.29, 0.717) is 67.9 Å². The van der Waals surface area contributed by atoms with Gasteiger partial charge in [0.2, 0.25) is 0 Å². The number of Topliss-reactive ketones (excluding diaryl/α,β-unsaturated/α-hetero) is 4. The van der Waals surface area contributed by atoms with Crippen LogP contribution in [-0.2, 0) is 28.2 Å². The molecular weight excluding hydrogens is 1340 g/mol. The molecule has 16 aliphatic carbocycles. The second kappa shape index (κ2) is 31.8. The third kappa shape index (κ3) is 14.9. The molecule has 17 rings (SSSR count). The number of nitrogens with zero attached hydrogens (tertiary/aromatic N) is 6. The molecule has 4 N–H and O–H groups in total. The predicted octanol–water partition coefficient (Wildman–Crippen LogP) is 19.6. The number of aliphatic hydroxyl groups is 1. The molecule has 0 radical (unpaired) electrons. The van der Waals surface area contributed by atoms with E-state index in [2.05, 4.69) is 72.3 Å². The Bertz CT molecular complexity index is 3210. The molecule has 0 unspecified atom stereocenters. The topological polar surface area (TPSA) is 265 Å². The molecular formula is C84H130Cl2N7NaO7S. The summed E-state index contributed by atoms with van der Waals surface area (Å²) in [5.41, 5.74) is 25.3. The van der Waals surface area contributed by atoms with Crippen LogP contribution in [0.4, 0.5) is 0 Å². The van der Waals surface area contributed by atoms with Crippen molar-refractivity contribution in [2.45, 2.75) is 323 Å². The van der Waals surface area contributed by atoms with Gasteiger partial charge < -0.3 is 22.3 Å². The van der Waals surface area contributed by atoms with Gasteiger partial charge in [-0.2, -0.15) is 0 Å². The number of aryl methyl sites for hydroxylation is 1. The second-order valence-electron chi connectivity index (χ2n) is 39.0. The van der Waals surface area contributed by atoms with E-state index in [1.54, 1.807) is 12.1 Å². The minimum absolute atomic E-state index is 0. The zero-order chi connectivity index (χ0) is 71.9. The maximum absolute atomic E-state index is 12.4. The molecule has 564 valence electrons. The van der Waals surface area contributed by atoms with Crippen molar-refractivity contribution >= 4 is 54.5 Å². The Morgan fingerprint density at radius 3 is 1.13 bits per heavy atom. The van der Waals surface area contributed by atoms with E-state index in [9.17, 15) is 32.7 Å². The van der Waals surface area contributed by atoms with Gasteiger partial charge in [0.15, 0.2) is 0 Å². The van der Waals surface area contributed by atoms with E-state index < -0.39 is 9.05 Å². The van der Waals surface area contributed by atoms with Crippen LogP contribution >= 0.6 is 22.3 Å². The molecule has 0 bridgehead atoms. The molecule has 0 aromatic heterocycles. The van der Waals surface area contributed by atoms with Gasteiger partial charge in [-0.25, -0.2) is 8.42 Å². The van der Waals surface area contributed by atoms with Gasteiger partial charge in [-0.15, -0.1) is 11.6 Å². The monoisotopic (exact) mass is 1470 g/mol. The Balaban J connectivity index is 0.000000137. The van der Waals surface area contributed by atoms with Crippen LogP contribution in [-0.4, -0.2) is 54.2 Å². The number of azide groups is 1. The minimum Gasteiger partial charge on any atom is -0.393 e. The van der Waals surface area contributed by atoms with Crippen molar-refractivity contribution in [3.05, 3.63) is 56.2 Å². The van der Waals surface area contributed by atoms with Crippen molar-refractivity contribution in [3.63, 3.8) is 0 Å². The molecule has 0 amide bonds. The Kier molecular flexibility index (Phi) is 25.7. The molecule has 0 saturated heterocycles. The first-order valence-electron chi connectivity index (χ1n) is 40.7. The van der Waals surface area contributed by atoms with E-state index >= 15 is 0 Å². The largest absolute Gasteiger partial charge is 1.00 e. The molecule has 0 heterocycles. The number of hydrogen-bond acceptors (Lipinski definition) is 9. The van der Waals surface area contributed by atoms with Gasteiger partial charge >= 0.3 is 29.6 Å². The molecule has 14 nitrogen and oxygen atoms in total. The maximum atomic E-state index is 12.4. The number of halogens is 2. The summed E-state index contributed by atoms with van der Waals surface area (Å²) in [6.45, 7) is 23.7. The van der Waals surface area contributed by atoms with Gasteiger partial charge in [0.05, 0.1) is 11.0 Å². The molecule has 1 aromatic carbocycles. The third-order valence-electron chi connectivity index (χ3n) is 35.2. The van der Waals surface area contributed by atoms with Crippen LogP contribution < -0.4 is 35.7 Å². The third-order valence-corrected chi connectivity index (χ3v) is 36.9. The summed E-state index contributed by atoms with van der Waals surface area (Å²) in [5.74, 6) is 15.8. The van der Waals surface area contributed by atoms with Crippen LogP contribution in [0.5, 0.6) is 0 Å². The van der Waals surface area contributed by atoms with Crippen molar-refractivity contribution < 1.29 is 62.3 Å². The molecule has 16 saturated carbocycles. The first-order chi connectivity index (χ1) is 47.2. The molecule has 102 heavy (non-hydrogen) atoms. The van der Waals surface area contributed by atoms with Gasteiger partial charge in [0.25, 0.3) is 9.05 Å². The van der Waals surface area contributed by atoms with Crippen molar-refractivity contribution in [1.29, 1.82) is 0 Å². The van der Waals surface area contributed by atoms with E-state index in [1.807, 2.05) is 6.92 Å². The summed E-state index contributed by atoms with van der Waals surface area (Å²) in [7, 11) is 1.54. The maximum Gasteiger partial charge on any atom is 1.00 e. The summed E-state index contributed by atoms with van der Waals surface area (Å²) < 4.78 is 21.4. The standard InChI is InChI=1S/C20H32O.C19H29ClO.C19H29N3O.C19H30O2.C7H7ClO2S.N3.H3N.Na/c1-13-8-10-19(2)14(12-13)4-5-15-16-6-7-18(21)20(16,3)11-9-17(15)19;1-18-9-7-13(20)11-12(18)3-4-14-15-5-6-17(21)19(15,2)10-8-16(14)18;1-18-9-7-13(21-22-20)11-12(18)3-4-14-15-5-6-17(23)19(15,2)10-8-16(14)18;1-18-9-7-13(20)11-12(18)3-4-14-15-5-6-17(21)19(15,2)10-8-16(14)18;1-6-2-4-7(5-3-6)11(8,9)10;1-3-2;;/h13-17H,4-12H2,1-3H3;12-16H,3-11H2,1-2H3;12-16H,3-11H2,1-2H3;12-16,20H,3-11H2,1-2H3;2-5H,1H3;;1H3;/q;;;;;-1;;+1/t13-,14-,15-,16-,17-,19-,20-;2*12-,13+,14-,15-,16-,18-,19-;12-,13-,14-,15-,16-,18-,19-;;;;/m0000..../s1.